The standard InChI is InChI=1S/C16H20N2O2S/c1-18-10-15(13-6-2-3-7-14(13)18)21-11-16(19)17-9-12-5-4-8-20-12/h2-3,6-7,10,12H,4-5,8-9,11H2,1H3,(H,17,19)/t12-/m0/s1. The van der Waals surface area contributed by atoms with E-state index in [2.05, 4.69) is 28.2 Å². The lowest BCUT2D eigenvalue weighted by Crippen LogP contribution is -2.32. The number of aryl methyl sites for hydroxylation is 1. The fourth-order valence-electron chi connectivity index (χ4n) is 2.65. The molecule has 21 heavy (non-hydrogen) atoms. The molecule has 0 radical (unpaired) electrons. The Labute approximate surface area is 128 Å². The van der Waals surface area contributed by atoms with E-state index in [9.17, 15) is 4.79 Å². The van der Waals surface area contributed by atoms with E-state index in [0.717, 1.165) is 24.3 Å². The largest absolute Gasteiger partial charge is 0.376 e. The van der Waals surface area contributed by atoms with Gasteiger partial charge in [-0.3, -0.25) is 4.79 Å². The van der Waals surface area contributed by atoms with Crippen LogP contribution in [0.3, 0.4) is 0 Å². The number of carbonyl (C=O) groups excluding carboxylic acids is 1. The summed E-state index contributed by atoms with van der Waals surface area (Å²) in [6, 6.07) is 8.26. The molecule has 3 rings (SSSR count). The average molecular weight is 304 g/mol. The minimum Gasteiger partial charge on any atom is -0.376 e. The molecule has 112 valence electrons. The monoisotopic (exact) mass is 304 g/mol. The lowest BCUT2D eigenvalue weighted by atomic mass is 10.2. The van der Waals surface area contributed by atoms with Gasteiger partial charge in [-0.2, -0.15) is 0 Å². The lowest BCUT2D eigenvalue weighted by molar-refractivity contribution is -0.119. The number of ether oxygens (including phenoxy) is 1. The maximum absolute atomic E-state index is 11.9. The smallest absolute Gasteiger partial charge is 0.230 e. The Balaban J connectivity index is 1.55. The number of benzene rings is 1. The van der Waals surface area contributed by atoms with E-state index < -0.39 is 0 Å². The first kappa shape index (κ1) is 14.5. The van der Waals surface area contributed by atoms with Gasteiger partial charge in [-0.25, -0.2) is 0 Å². The van der Waals surface area contributed by atoms with Gasteiger partial charge < -0.3 is 14.6 Å². The summed E-state index contributed by atoms with van der Waals surface area (Å²) in [6.07, 6.45) is 4.45. The predicted molar refractivity (Wildman–Crippen MR) is 85.6 cm³/mol. The highest BCUT2D eigenvalue weighted by Crippen LogP contribution is 2.29. The van der Waals surface area contributed by atoms with E-state index in [1.807, 2.05) is 19.2 Å². The Hall–Kier alpha value is -1.46. The molecular formula is C16H20N2O2S. The quantitative estimate of drug-likeness (QED) is 0.863. The number of amides is 1. The number of carbonyl (C=O) groups is 1. The van der Waals surface area contributed by atoms with Gasteiger partial charge in [0.05, 0.1) is 11.9 Å². The van der Waals surface area contributed by atoms with Crippen molar-refractivity contribution in [1.29, 1.82) is 0 Å². The van der Waals surface area contributed by atoms with Crippen molar-refractivity contribution in [2.45, 2.75) is 23.8 Å². The van der Waals surface area contributed by atoms with Crippen molar-refractivity contribution in [2.24, 2.45) is 7.05 Å². The van der Waals surface area contributed by atoms with E-state index in [1.54, 1.807) is 11.8 Å². The number of hydrogen-bond acceptors (Lipinski definition) is 3. The first-order valence-corrected chi connectivity index (χ1v) is 8.28. The van der Waals surface area contributed by atoms with Crippen molar-refractivity contribution < 1.29 is 9.53 Å². The van der Waals surface area contributed by atoms with Gasteiger partial charge >= 0.3 is 0 Å². The lowest BCUT2D eigenvalue weighted by Gasteiger charge is -2.10. The summed E-state index contributed by atoms with van der Waals surface area (Å²) in [5.41, 5.74) is 1.19. The first-order chi connectivity index (χ1) is 10.2. The third-order valence-electron chi connectivity index (χ3n) is 3.77. The summed E-state index contributed by atoms with van der Waals surface area (Å²) in [7, 11) is 2.03. The van der Waals surface area contributed by atoms with Crippen LogP contribution in [0.2, 0.25) is 0 Å². The molecule has 2 heterocycles. The zero-order chi connectivity index (χ0) is 14.7. The van der Waals surface area contributed by atoms with Crippen molar-refractivity contribution in [3.63, 3.8) is 0 Å². The average Bonchev–Trinajstić information content (AvgIpc) is 3.12. The highest BCUT2D eigenvalue weighted by Gasteiger charge is 2.16. The van der Waals surface area contributed by atoms with Gasteiger partial charge in [-0.1, -0.05) is 18.2 Å². The Morgan fingerprint density at radius 3 is 3.14 bits per heavy atom. The molecule has 1 saturated heterocycles. The molecule has 1 N–H and O–H groups in total. The Morgan fingerprint density at radius 1 is 1.48 bits per heavy atom. The van der Waals surface area contributed by atoms with Gasteiger partial charge in [0.1, 0.15) is 0 Å². The zero-order valence-corrected chi connectivity index (χ0v) is 13.0. The van der Waals surface area contributed by atoms with Crippen molar-refractivity contribution >= 4 is 28.6 Å². The number of aromatic nitrogens is 1. The minimum atomic E-state index is 0.0726. The van der Waals surface area contributed by atoms with Crippen molar-refractivity contribution in [2.75, 3.05) is 18.9 Å². The van der Waals surface area contributed by atoms with Crippen LogP contribution in [0.4, 0.5) is 0 Å². The third kappa shape index (κ3) is 3.41. The molecule has 1 aliphatic heterocycles. The fraction of sp³-hybridized carbons (Fsp3) is 0.438. The molecule has 4 nitrogen and oxygen atoms in total. The van der Waals surface area contributed by atoms with Crippen LogP contribution in [0, 0.1) is 0 Å². The van der Waals surface area contributed by atoms with Gasteiger partial charge in [0.25, 0.3) is 0 Å². The number of nitrogens with one attached hydrogen (secondary N) is 1. The van der Waals surface area contributed by atoms with E-state index in [1.165, 1.54) is 10.9 Å². The second-order valence-electron chi connectivity index (χ2n) is 5.35. The summed E-state index contributed by atoms with van der Waals surface area (Å²) >= 11 is 1.59. The summed E-state index contributed by atoms with van der Waals surface area (Å²) in [6.45, 7) is 1.46. The number of thioether (sulfide) groups is 1. The van der Waals surface area contributed by atoms with Crippen molar-refractivity contribution in [3.8, 4) is 0 Å². The van der Waals surface area contributed by atoms with Crippen LogP contribution in [0.25, 0.3) is 10.9 Å². The number of nitrogens with zero attached hydrogens (tertiary/aromatic N) is 1. The number of fused-ring (bicyclic) bond motifs is 1. The maximum Gasteiger partial charge on any atom is 0.230 e. The molecule has 0 spiro atoms. The molecule has 0 aliphatic carbocycles. The van der Waals surface area contributed by atoms with E-state index in [4.69, 9.17) is 4.74 Å². The van der Waals surface area contributed by atoms with E-state index in [0.29, 0.717) is 12.3 Å². The number of rotatable bonds is 5. The normalized spacial score (nSPS) is 18.2. The fourth-order valence-corrected chi connectivity index (χ4v) is 3.60. The molecule has 1 aromatic carbocycles. The van der Waals surface area contributed by atoms with E-state index in [-0.39, 0.29) is 12.0 Å². The molecule has 5 heteroatoms. The molecule has 1 aromatic heterocycles. The Bertz CT molecular complexity index is 632. The van der Waals surface area contributed by atoms with Gasteiger partial charge in [0.2, 0.25) is 5.91 Å². The Kier molecular flexibility index (Phi) is 4.51. The van der Waals surface area contributed by atoms with Crippen LogP contribution in [-0.2, 0) is 16.6 Å². The van der Waals surface area contributed by atoms with Crippen LogP contribution in [0.15, 0.2) is 35.4 Å². The third-order valence-corrected chi connectivity index (χ3v) is 4.81. The van der Waals surface area contributed by atoms with Gasteiger partial charge in [-0.15, -0.1) is 11.8 Å². The van der Waals surface area contributed by atoms with Crippen molar-refractivity contribution in [3.05, 3.63) is 30.5 Å². The van der Waals surface area contributed by atoms with Crippen LogP contribution in [0.1, 0.15) is 12.8 Å². The summed E-state index contributed by atoms with van der Waals surface area (Å²) < 4.78 is 7.60. The molecular weight excluding hydrogens is 284 g/mol. The SMILES string of the molecule is Cn1cc(SCC(=O)NC[C@@H]2CCCO2)c2ccccc21. The second-order valence-corrected chi connectivity index (χ2v) is 6.37. The highest BCUT2D eigenvalue weighted by molar-refractivity contribution is 8.00. The van der Waals surface area contributed by atoms with Gasteiger partial charge in [0, 0.05) is 42.2 Å². The minimum absolute atomic E-state index is 0.0726. The summed E-state index contributed by atoms with van der Waals surface area (Å²) in [4.78, 5) is 13.1. The van der Waals surface area contributed by atoms with Crippen LogP contribution < -0.4 is 5.32 Å². The van der Waals surface area contributed by atoms with Crippen LogP contribution >= 0.6 is 11.8 Å². The molecule has 0 unspecified atom stereocenters. The Morgan fingerprint density at radius 2 is 2.33 bits per heavy atom. The first-order valence-electron chi connectivity index (χ1n) is 7.29. The molecule has 1 fully saturated rings. The van der Waals surface area contributed by atoms with Crippen LogP contribution in [-0.4, -0.2) is 35.5 Å². The summed E-state index contributed by atoms with van der Waals surface area (Å²) in [5.74, 6) is 0.518. The van der Waals surface area contributed by atoms with Gasteiger partial charge in [0.15, 0.2) is 0 Å². The summed E-state index contributed by atoms with van der Waals surface area (Å²) in [5, 5.41) is 4.16. The molecule has 0 bridgehead atoms. The highest BCUT2D eigenvalue weighted by atomic mass is 32.2. The molecule has 0 saturated carbocycles. The zero-order valence-electron chi connectivity index (χ0n) is 12.2. The molecule has 1 atom stereocenters. The number of para-hydroxylation sites is 1. The van der Waals surface area contributed by atoms with E-state index >= 15 is 0 Å². The number of hydrogen-bond donors (Lipinski definition) is 1. The molecule has 2 aromatic rings. The van der Waals surface area contributed by atoms with Crippen molar-refractivity contribution in [1.82, 2.24) is 9.88 Å². The van der Waals surface area contributed by atoms with Gasteiger partial charge in [-0.05, 0) is 18.9 Å². The maximum atomic E-state index is 11.9. The predicted octanol–water partition coefficient (Wildman–Crippen LogP) is 2.57. The second kappa shape index (κ2) is 6.54. The van der Waals surface area contributed by atoms with Crippen LogP contribution in [0.5, 0.6) is 0 Å². The molecule has 1 aliphatic rings. The topological polar surface area (TPSA) is 43.3 Å². The molecule has 1 amide bonds.